The molecule has 0 amide bonds. The number of aromatic hydroxyl groups is 7. The van der Waals surface area contributed by atoms with Gasteiger partial charge in [-0.05, 0) is 34.1 Å². The zero-order valence-electron chi connectivity index (χ0n) is 16.9. The van der Waals surface area contributed by atoms with Crippen molar-refractivity contribution < 1.29 is 35.7 Å². The quantitative estimate of drug-likeness (QED) is 0.102. The second-order valence-electron chi connectivity index (χ2n) is 7.79. The van der Waals surface area contributed by atoms with Gasteiger partial charge in [0.25, 0.3) is 0 Å². The molecule has 170 valence electrons. The van der Waals surface area contributed by atoms with Crippen LogP contribution >= 0.6 is 27.3 Å². The van der Waals surface area contributed by atoms with E-state index in [0.717, 1.165) is 20.2 Å². The molecule has 2 heterocycles. The van der Waals surface area contributed by atoms with Gasteiger partial charge in [0, 0.05) is 20.2 Å². The average Bonchev–Trinajstić information content (AvgIpc) is 3.40. The van der Waals surface area contributed by atoms with E-state index in [1.807, 2.05) is 30.3 Å². The number of rotatable bonds is 1. The fourth-order valence-corrected chi connectivity index (χ4v) is 6.07. The number of benzene rings is 4. The minimum atomic E-state index is -0.994. The number of aromatic nitrogens is 1. The van der Waals surface area contributed by atoms with Crippen LogP contribution in [-0.4, -0.2) is 40.3 Å². The van der Waals surface area contributed by atoms with Gasteiger partial charge in [0.05, 0.1) is 16.5 Å². The van der Waals surface area contributed by atoms with Crippen molar-refractivity contribution in [2.24, 2.45) is 0 Å². The molecule has 0 unspecified atom stereocenters. The molecule has 0 saturated carbocycles. The number of phenolic OH excluding ortho intramolecular Hbond substituents is 7. The molecule has 0 saturated heterocycles. The molecule has 6 aromatic rings. The van der Waals surface area contributed by atoms with E-state index in [1.165, 1.54) is 15.9 Å². The highest BCUT2D eigenvalue weighted by Crippen LogP contribution is 2.58. The van der Waals surface area contributed by atoms with Crippen molar-refractivity contribution in [3.8, 4) is 45.9 Å². The smallest absolute Gasteiger partial charge is 0.206 e. The van der Waals surface area contributed by atoms with Gasteiger partial charge in [-0.1, -0.05) is 24.3 Å². The molecule has 0 aliphatic heterocycles. The monoisotopic (exact) mass is 539 g/mol. The molecule has 0 fully saturated rings. The molecular weight excluding hydrogens is 526 g/mol. The lowest BCUT2D eigenvalue weighted by atomic mass is 10.1. The van der Waals surface area contributed by atoms with Crippen LogP contribution in [0.1, 0.15) is 0 Å². The van der Waals surface area contributed by atoms with Crippen LogP contribution in [0.25, 0.3) is 47.7 Å². The van der Waals surface area contributed by atoms with Crippen molar-refractivity contribution in [3.05, 3.63) is 46.9 Å². The summed E-state index contributed by atoms with van der Waals surface area (Å²) in [6.07, 6.45) is 0. The topological polar surface area (TPSA) is 147 Å². The Morgan fingerprint density at radius 3 is 1.88 bits per heavy atom. The van der Waals surface area contributed by atoms with E-state index >= 15 is 0 Å². The van der Waals surface area contributed by atoms with Gasteiger partial charge >= 0.3 is 0 Å². The molecule has 6 rings (SSSR count). The summed E-state index contributed by atoms with van der Waals surface area (Å²) in [6.45, 7) is 0. The maximum absolute atomic E-state index is 11.0. The van der Waals surface area contributed by atoms with Crippen LogP contribution in [0.15, 0.2) is 46.9 Å². The van der Waals surface area contributed by atoms with E-state index in [1.54, 1.807) is 12.1 Å². The normalized spacial score (nSPS) is 11.9. The van der Waals surface area contributed by atoms with Crippen molar-refractivity contribution in [2.45, 2.75) is 0 Å². The van der Waals surface area contributed by atoms with Gasteiger partial charge in [-0.15, -0.1) is 11.3 Å². The Kier molecular flexibility index (Phi) is 4.08. The number of thiophene rings is 1. The third-order valence-electron chi connectivity index (χ3n) is 6.03. The number of hydrogen-bond acceptors (Lipinski definition) is 8. The summed E-state index contributed by atoms with van der Waals surface area (Å²) in [5.41, 5.74) is 0.103. The molecule has 0 atom stereocenters. The Hall–Kier alpha value is -4.02. The summed E-state index contributed by atoms with van der Waals surface area (Å²) in [7, 11) is 0. The predicted octanol–water partition coefficient (Wildman–Crippen LogP) is 5.85. The Morgan fingerprint density at radius 1 is 0.559 bits per heavy atom. The number of fused-ring (bicyclic) bond motifs is 6. The van der Waals surface area contributed by atoms with Gasteiger partial charge in [-0.2, -0.15) is 0 Å². The minimum Gasteiger partial charge on any atom is -0.506 e. The van der Waals surface area contributed by atoms with Gasteiger partial charge in [-0.25, -0.2) is 0 Å². The Morgan fingerprint density at radius 2 is 1.15 bits per heavy atom. The first-order valence-electron chi connectivity index (χ1n) is 9.90. The van der Waals surface area contributed by atoms with E-state index < -0.39 is 40.2 Å². The number of nitrogens with zero attached hydrogens (tertiary/aromatic N) is 1. The Labute approximate surface area is 202 Å². The molecule has 34 heavy (non-hydrogen) atoms. The second-order valence-corrected chi connectivity index (χ2v) is 9.66. The maximum atomic E-state index is 11.0. The molecule has 7 N–H and O–H groups in total. The molecule has 0 aliphatic rings. The van der Waals surface area contributed by atoms with Gasteiger partial charge < -0.3 is 40.3 Å². The summed E-state index contributed by atoms with van der Waals surface area (Å²) >= 11 is 4.55. The summed E-state index contributed by atoms with van der Waals surface area (Å²) in [5, 5.41) is 75.7. The minimum absolute atomic E-state index is 0.147. The van der Waals surface area contributed by atoms with Crippen LogP contribution in [0.2, 0.25) is 0 Å². The SMILES string of the molecule is Oc1c(O)c(O)c2c(c1O)c1c(O)c(Br)c(O)c(O)c1n2-c1cccc2sc3ccccc3c12. The van der Waals surface area contributed by atoms with E-state index in [9.17, 15) is 35.7 Å². The number of hydrogen-bond donors (Lipinski definition) is 7. The molecule has 0 spiro atoms. The molecule has 2 aromatic heterocycles. The fraction of sp³-hybridized carbons (Fsp3) is 0. The third kappa shape index (κ3) is 2.36. The second kappa shape index (κ2) is 6.75. The molecule has 8 nitrogen and oxygen atoms in total. The van der Waals surface area contributed by atoms with Crippen LogP contribution in [0, 0.1) is 0 Å². The number of halogens is 1. The first kappa shape index (κ1) is 20.6. The zero-order chi connectivity index (χ0) is 24.0. The zero-order valence-corrected chi connectivity index (χ0v) is 19.3. The Bertz CT molecular complexity index is 1780. The van der Waals surface area contributed by atoms with E-state index in [2.05, 4.69) is 15.9 Å². The molecule has 10 heteroatoms. The highest BCUT2D eigenvalue weighted by Gasteiger charge is 2.32. The van der Waals surface area contributed by atoms with Crippen LogP contribution < -0.4 is 0 Å². The third-order valence-corrected chi connectivity index (χ3v) is 7.91. The van der Waals surface area contributed by atoms with Crippen molar-refractivity contribution in [2.75, 3.05) is 0 Å². The summed E-state index contributed by atoms with van der Waals surface area (Å²) in [5.74, 6) is -5.42. The highest BCUT2D eigenvalue weighted by molar-refractivity contribution is 9.10. The van der Waals surface area contributed by atoms with Crippen molar-refractivity contribution >= 4 is 69.2 Å². The maximum Gasteiger partial charge on any atom is 0.206 e. The molecule has 4 aromatic carbocycles. The summed E-state index contributed by atoms with van der Waals surface area (Å²) in [4.78, 5) is 0. The molecule has 0 bridgehead atoms. The van der Waals surface area contributed by atoms with Crippen molar-refractivity contribution in [1.82, 2.24) is 4.57 Å². The van der Waals surface area contributed by atoms with Gasteiger partial charge in [0.1, 0.15) is 21.3 Å². The van der Waals surface area contributed by atoms with Crippen LogP contribution in [-0.2, 0) is 0 Å². The largest absolute Gasteiger partial charge is 0.506 e. The molecule has 0 aliphatic carbocycles. The van der Waals surface area contributed by atoms with Crippen LogP contribution in [0.3, 0.4) is 0 Å². The lowest BCUT2D eigenvalue weighted by Crippen LogP contribution is -1.96. The van der Waals surface area contributed by atoms with E-state index in [0.29, 0.717) is 5.69 Å². The highest BCUT2D eigenvalue weighted by atomic mass is 79.9. The lowest BCUT2D eigenvalue weighted by molar-refractivity contribution is 0.350. The predicted molar refractivity (Wildman–Crippen MR) is 133 cm³/mol. The van der Waals surface area contributed by atoms with E-state index in [4.69, 9.17) is 0 Å². The summed E-state index contributed by atoms with van der Waals surface area (Å²) in [6, 6.07) is 13.0. The van der Waals surface area contributed by atoms with Gasteiger partial charge in [0.15, 0.2) is 23.0 Å². The van der Waals surface area contributed by atoms with Crippen molar-refractivity contribution in [1.29, 1.82) is 0 Å². The Balaban J connectivity index is 1.99. The number of phenols is 7. The van der Waals surface area contributed by atoms with Gasteiger partial charge in [0.2, 0.25) is 11.5 Å². The van der Waals surface area contributed by atoms with E-state index in [-0.39, 0.29) is 26.3 Å². The van der Waals surface area contributed by atoms with Crippen molar-refractivity contribution in [3.63, 3.8) is 0 Å². The van der Waals surface area contributed by atoms with Crippen LogP contribution in [0.5, 0.6) is 40.2 Å². The molecular formula is C24H14BrNO7S. The van der Waals surface area contributed by atoms with Gasteiger partial charge in [-0.3, -0.25) is 0 Å². The molecule has 0 radical (unpaired) electrons. The average molecular weight is 540 g/mol. The first-order chi connectivity index (χ1) is 16.2. The fourth-order valence-electron chi connectivity index (χ4n) is 4.56. The standard InChI is InChI=1S/C24H14BrNO7S/c25-15-18(27)13-14-17(22(31)24(33)23(32)19(14)28)26(16(13)21(30)20(15)29)9-5-3-7-11-12(9)8-4-1-2-6-10(8)34-11/h1-7,27-33H. The summed E-state index contributed by atoms with van der Waals surface area (Å²) < 4.78 is 2.95. The first-order valence-corrected chi connectivity index (χ1v) is 11.5. The van der Waals surface area contributed by atoms with Crippen LogP contribution in [0.4, 0.5) is 0 Å². The lowest BCUT2D eigenvalue weighted by Gasteiger charge is -2.13.